The quantitative estimate of drug-likeness (QED) is 0.828. The number of hydrogen-bond acceptors (Lipinski definition) is 3. The van der Waals surface area contributed by atoms with Crippen molar-refractivity contribution in [2.75, 3.05) is 25.4 Å². The number of likely N-dealkylation sites (tertiary alicyclic amines) is 1. The molecule has 2 unspecified atom stereocenters. The molecule has 0 bridgehead atoms. The maximum absolute atomic E-state index is 9.57. The van der Waals surface area contributed by atoms with E-state index in [4.69, 9.17) is 0 Å². The van der Waals surface area contributed by atoms with Gasteiger partial charge in [-0.05, 0) is 44.9 Å². The van der Waals surface area contributed by atoms with E-state index in [1.54, 1.807) is 0 Å². The largest absolute Gasteiger partial charge is 0.393 e. The molecule has 1 aromatic rings. The van der Waals surface area contributed by atoms with E-state index in [0.29, 0.717) is 5.92 Å². The molecule has 1 N–H and O–H groups in total. The van der Waals surface area contributed by atoms with Gasteiger partial charge in [-0.2, -0.15) is 0 Å². The van der Waals surface area contributed by atoms with Crippen molar-refractivity contribution in [2.24, 2.45) is 5.92 Å². The van der Waals surface area contributed by atoms with E-state index >= 15 is 0 Å². The number of aryl methyl sites for hydroxylation is 1. The standard InChI is InChI=1S/C15H23NOS/c1-12-3-5-15(6-4-12)18-10-9-16-8-7-14(11-16)13(2)17/h3-6,13-14,17H,7-11H2,1-2H3. The average molecular weight is 265 g/mol. The van der Waals surface area contributed by atoms with Crippen LogP contribution in [0.15, 0.2) is 29.2 Å². The summed E-state index contributed by atoms with van der Waals surface area (Å²) in [4.78, 5) is 3.82. The van der Waals surface area contributed by atoms with Crippen molar-refractivity contribution < 1.29 is 5.11 Å². The number of aliphatic hydroxyl groups excluding tert-OH is 1. The van der Waals surface area contributed by atoms with Gasteiger partial charge in [0.05, 0.1) is 6.10 Å². The molecule has 1 saturated heterocycles. The summed E-state index contributed by atoms with van der Waals surface area (Å²) in [5, 5.41) is 9.57. The van der Waals surface area contributed by atoms with Crippen LogP contribution < -0.4 is 0 Å². The normalized spacial score (nSPS) is 22.3. The summed E-state index contributed by atoms with van der Waals surface area (Å²) in [6, 6.07) is 8.73. The summed E-state index contributed by atoms with van der Waals surface area (Å²) in [5.74, 6) is 1.62. The minimum atomic E-state index is -0.153. The molecule has 1 aliphatic heterocycles. The number of aliphatic hydroxyl groups is 1. The Balaban J connectivity index is 1.68. The van der Waals surface area contributed by atoms with Crippen LogP contribution in [0.25, 0.3) is 0 Å². The molecule has 1 aliphatic rings. The topological polar surface area (TPSA) is 23.5 Å². The summed E-state index contributed by atoms with van der Waals surface area (Å²) in [6.07, 6.45) is 0.993. The fraction of sp³-hybridized carbons (Fsp3) is 0.600. The van der Waals surface area contributed by atoms with Gasteiger partial charge in [0.25, 0.3) is 0 Å². The van der Waals surface area contributed by atoms with Gasteiger partial charge in [-0.3, -0.25) is 0 Å². The lowest BCUT2D eigenvalue weighted by Crippen LogP contribution is -2.26. The molecule has 1 heterocycles. The zero-order valence-corrected chi connectivity index (χ0v) is 12.1. The second-order valence-corrected chi connectivity index (χ2v) is 6.42. The Hall–Kier alpha value is -0.510. The van der Waals surface area contributed by atoms with Crippen molar-refractivity contribution in [2.45, 2.75) is 31.3 Å². The molecule has 2 rings (SSSR count). The first-order chi connectivity index (χ1) is 8.65. The molecule has 0 spiro atoms. The van der Waals surface area contributed by atoms with Crippen molar-refractivity contribution in [3.63, 3.8) is 0 Å². The Morgan fingerprint density at radius 2 is 2.11 bits per heavy atom. The van der Waals surface area contributed by atoms with Gasteiger partial charge in [0.1, 0.15) is 0 Å². The summed E-state index contributed by atoms with van der Waals surface area (Å²) in [7, 11) is 0. The van der Waals surface area contributed by atoms with Crippen LogP contribution in [0.3, 0.4) is 0 Å². The third kappa shape index (κ3) is 4.01. The van der Waals surface area contributed by atoms with Crippen molar-refractivity contribution >= 4 is 11.8 Å². The Morgan fingerprint density at radius 3 is 2.72 bits per heavy atom. The van der Waals surface area contributed by atoms with Crippen LogP contribution in [0.2, 0.25) is 0 Å². The van der Waals surface area contributed by atoms with Crippen molar-refractivity contribution in [3.05, 3.63) is 29.8 Å². The first kappa shape index (κ1) is 13.9. The molecule has 1 aromatic carbocycles. The smallest absolute Gasteiger partial charge is 0.0552 e. The van der Waals surface area contributed by atoms with Crippen LogP contribution in [0.4, 0.5) is 0 Å². The van der Waals surface area contributed by atoms with E-state index in [-0.39, 0.29) is 6.10 Å². The van der Waals surface area contributed by atoms with Crippen LogP contribution in [0.1, 0.15) is 18.9 Å². The minimum Gasteiger partial charge on any atom is -0.393 e. The van der Waals surface area contributed by atoms with Gasteiger partial charge in [0.15, 0.2) is 0 Å². The zero-order chi connectivity index (χ0) is 13.0. The average Bonchev–Trinajstić information content (AvgIpc) is 2.81. The third-order valence-electron chi connectivity index (χ3n) is 3.69. The number of benzene rings is 1. The van der Waals surface area contributed by atoms with Gasteiger partial charge >= 0.3 is 0 Å². The first-order valence-corrected chi connectivity index (χ1v) is 7.73. The second-order valence-electron chi connectivity index (χ2n) is 5.25. The van der Waals surface area contributed by atoms with E-state index in [1.807, 2.05) is 18.7 Å². The highest BCUT2D eigenvalue weighted by Gasteiger charge is 2.25. The molecule has 0 amide bonds. The third-order valence-corrected chi connectivity index (χ3v) is 4.68. The maximum Gasteiger partial charge on any atom is 0.0552 e. The molecule has 18 heavy (non-hydrogen) atoms. The van der Waals surface area contributed by atoms with Crippen LogP contribution in [0.5, 0.6) is 0 Å². The lowest BCUT2D eigenvalue weighted by Gasteiger charge is -2.16. The lowest BCUT2D eigenvalue weighted by molar-refractivity contribution is 0.128. The van der Waals surface area contributed by atoms with Crippen LogP contribution in [0, 0.1) is 12.8 Å². The Morgan fingerprint density at radius 1 is 1.39 bits per heavy atom. The molecule has 2 atom stereocenters. The fourth-order valence-corrected chi connectivity index (χ4v) is 3.30. The molecular formula is C15H23NOS. The highest BCUT2D eigenvalue weighted by atomic mass is 32.2. The predicted octanol–water partition coefficient (Wildman–Crippen LogP) is 2.79. The second kappa shape index (κ2) is 6.60. The molecule has 2 nitrogen and oxygen atoms in total. The van der Waals surface area contributed by atoms with Gasteiger partial charge in [0.2, 0.25) is 0 Å². The van der Waals surface area contributed by atoms with Gasteiger partial charge < -0.3 is 10.0 Å². The molecule has 0 radical (unpaired) electrons. The van der Waals surface area contributed by atoms with Crippen molar-refractivity contribution in [3.8, 4) is 0 Å². The Bertz CT molecular complexity index is 363. The highest BCUT2D eigenvalue weighted by Crippen LogP contribution is 2.22. The molecule has 1 fully saturated rings. The van der Waals surface area contributed by atoms with Crippen LogP contribution in [-0.2, 0) is 0 Å². The summed E-state index contributed by atoms with van der Waals surface area (Å²) < 4.78 is 0. The Labute approximate surface area is 114 Å². The van der Waals surface area contributed by atoms with E-state index in [2.05, 4.69) is 36.1 Å². The minimum absolute atomic E-state index is 0.153. The SMILES string of the molecule is Cc1ccc(SCCN2CCC(C(C)O)C2)cc1. The van der Waals surface area contributed by atoms with Gasteiger partial charge in [0, 0.05) is 23.7 Å². The summed E-state index contributed by atoms with van der Waals surface area (Å²) in [6.45, 7) is 7.36. The Kier molecular flexibility index (Phi) is 5.10. The molecule has 0 aromatic heterocycles. The van der Waals surface area contributed by atoms with E-state index in [0.717, 1.165) is 31.8 Å². The first-order valence-electron chi connectivity index (χ1n) is 6.75. The summed E-state index contributed by atoms with van der Waals surface area (Å²) in [5.41, 5.74) is 1.32. The summed E-state index contributed by atoms with van der Waals surface area (Å²) >= 11 is 1.92. The molecule has 0 aliphatic carbocycles. The lowest BCUT2D eigenvalue weighted by atomic mass is 10.0. The number of rotatable bonds is 5. The fourth-order valence-electron chi connectivity index (χ4n) is 2.39. The highest BCUT2D eigenvalue weighted by molar-refractivity contribution is 7.99. The number of hydrogen-bond donors (Lipinski definition) is 1. The number of thioether (sulfide) groups is 1. The van der Waals surface area contributed by atoms with E-state index < -0.39 is 0 Å². The zero-order valence-electron chi connectivity index (χ0n) is 11.3. The predicted molar refractivity (Wildman–Crippen MR) is 78.1 cm³/mol. The molecular weight excluding hydrogens is 242 g/mol. The maximum atomic E-state index is 9.57. The van der Waals surface area contributed by atoms with Gasteiger partial charge in [-0.15, -0.1) is 11.8 Å². The van der Waals surface area contributed by atoms with Gasteiger partial charge in [-0.1, -0.05) is 17.7 Å². The molecule has 100 valence electrons. The van der Waals surface area contributed by atoms with Crippen LogP contribution >= 0.6 is 11.8 Å². The van der Waals surface area contributed by atoms with Crippen molar-refractivity contribution in [1.82, 2.24) is 4.90 Å². The van der Waals surface area contributed by atoms with E-state index in [1.165, 1.54) is 10.5 Å². The molecule has 3 heteroatoms. The van der Waals surface area contributed by atoms with Crippen molar-refractivity contribution in [1.29, 1.82) is 0 Å². The van der Waals surface area contributed by atoms with E-state index in [9.17, 15) is 5.11 Å². The van der Waals surface area contributed by atoms with Gasteiger partial charge in [-0.25, -0.2) is 0 Å². The number of nitrogens with zero attached hydrogens (tertiary/aromatic N) is 1. The van der Waals surface area contributed by atoms with Crippen LogP contribution in [-0.4, -0.2) is 41.5 Å². The molecule has 0 saturated carbocycles. The monoisotopic (exact) mass is 265 g/mol.